The molecule has 1 saturated carbocycles. The molecule has 0 saturated heterocycles. The van der Waals surface area contributed by atoms with Gasteiger partial charge in [0, 0.05) is 17.6 Å². The Morgan fingerprint density at radius 3 is 2.67 bits per heavy atom. The maximum atomic E-state index is 6.41. The molecule has 84 valence electrons. The van der Waals surface area contributed by atoms with Crippen molar-refractivity contribution in [2.45, 2.75) is 51.1 Å². The van der Waals surface area contributed by atoms with Gasteiger partial charge in [-0.1, -0.05) is 30.9 Å². The van der Waals surface area contributed by atoms with Crippen LogP contribution in [0.25, 0.3) is 0 Å². The number of nitrogens with two attached hydrogens (primary N) is 1. The van der Waals surface area contributed by atoms with Gasteiger partial charge in [-0.05, 0) is 19.8 Å². The summed E-state index contributed by atoms with van der Waals surface area (Å²) in [7, 11) is 0. The number of aromatic nitrogens is 2. The van der Waals surface area contributed by atoms with E-state index in [0.717, 1.165) is 30.1 Å². The maximum Gasteiger partial charge on any atom is 0.132 e. The Labute approximate surface area is 95.6 Å². The van der Waals surface area contributed by atoms with E-state index in [1.807, 2.05) is 13.1 Å². The average Bonchev–Trinajstić information content (AvgIpc) is 2.61. The molecule has 1 heterocycles. The topological polar surface area (TPSA) is 43.8 Å². The van der Waals surface area contributed by atoms with Gasteiger partial charge in [-0.3, -0.25) is 4.68 Å². The molecular formula is C11H18ClN3. The maximum absolute atomic E-state index is 6.41. The standard InChI is InChI=1S/C11H18ClN3/c1-2-15-10(12)9(8-14-15)11(13)6-4-3-5-7-11/h8H,2-7,13H2,1H3. The lowest BCUT2D eigenvalue weighted by Gasteiger charge is -2.32. The normalized spacial score (nSPS) is 20.5. The third kappa shape index (κ3) is 1.91. The zero-order chi connectivity index (χ0) is 10.9. The zero-order valence-electron chi connectivity index (χ0n) is 9.17. The Hall–Kier alpha value is -0.540. The first-order valence-electron chi connectivity index (χ1n) is 5.68. The van der Waals surface area contributed by atoms with Crippen LogP contribution in [0.15, 0.2) is 6.20 Å². The van der Waals surface area contributed by atoms with Crippen molar-refractivity contribution in [3.05, 3.63) is 16.9 Å². The van der Waals surface area contributed by atoms with Crippen molar-refractivity contribution in [3.8, 4) is 0 Å². The van der Waals surface area contributed by atoms with E-state index in [4.69, 9.17) is 17.3 Å². The zero-order valence-corrected chi connectivity index (χ0v) is 9.93. The monoisotopic (exact) mass is 227 g/mol. The molecule has 0 unspecified atom stereocenters. The molecule has 2 N–H and O–H groups in total. The molecule has 0 bridgehead atoms. The second-order valence-electron chi connectivity index (χ2n) is 4.38. The molecule has 2 rings (SSSR count). The predicted molar refractivity (Wildman–Crippen MR) is 61.9 cm³/mol. The fourth-order valence-corrected chi connectivity index (χ4v) is 2.78. The first-order valence-corrected chi connectivity index (χ1v) is 6.06. The molecule has 0 spiro atoms. The Morgan fingerprint density at radius 1 is 1.47 bits per heavy atom. The number of nitrogens with zero attached hydrogens (tertiary/aromatic N) is 2. The number of halogens is 1. The van der Waals surface area contributed by atoms with Gasteiger partial charge in [-0.25, -0.2) is 0 Å². The molecule has 1 aromatic heterocycles. The van der Waals surface area contributed by atoms with Gasteiger partial charge in [0.25, 0.3) is 0 Å². The van der Waals surface area contributed by atoms with Gasteiger partial charge in [0.1, 0.15) is 5.15 Å². The van der Waals surface area contributed by atoms with Gasteiger partial charge < -0.3 is 5.73 Å². The van der Waals surface area contributed by atoms with Crippen LogP contribution < -0.4 is 5.73 Å². The fourth-order valence-electron chi connectivity index (χ4n) is 2.38. The highest BCUT2D eigenvalue weighted by Gasteiger charge is 2.33. The van der Waals surface area contributed by atoms with Gasteiger partial charge >= 0.3 is 0 Å². The Kier molecular flexibility index (Phi) is 3.03. The van der Waals surface area contributed by atoms with Crippen molar-refractivity contribution >= 4 is 11.6 Å². The largest absolute Gasteiger partial charge is 0.321 e. The van der Waals surface area contributed by atoms with E-state index >= 15 is 0 Å². The molecule has 0 aromatic carbocycles. The molecule has 0 atom stereocenters. The third-order valence-electron chi connectivity index (χ3n) is 3.36. The molecule has 15 heavy (non-hydrogen) atoms. The Morgan fingerprint density at radius 2 is 2.13 bits per heavy atom. The molecule has 0 radical (unpaired) electrons. The van der Waals surface area contributed by atoms with E-state index in [0.29, 0.717) is 0 Å². The Balaban J connectivity index is 2.30. The van der Waals surface area contributed by atoms with Crippen LogP contribution in [0.2, 0.25) is 5.15 Å². The van der Waals surface area contributed by atoms with Crippen molar-refractivity contribution in [2.75, 3.05) is 0 Å². The molecule has 0 amide bonds. The summed E-state index contributed by atoms with van der Waals surface area (Å²) >= 11 is 6.27. The van der Waals surface area contributed by atoms with E-state index in [2.05, 4.69) is 5.10 Å². The quantitative estimate of drug-likeness (QED) is 0.844. The second-order valence-corrected chi connectivity index (χ2v) is 4.74. The smallest absolute Gasteiger partial charge is 0.132 e. The Bertz CT molecular complexity index is 340. The van der Waals surface area contributed by atoms with Gasteiger partial charge in [-0.2, -0.15) is 5.10 Å². The first-order chi connectivity index (χ1) is 7.17. The minimum absolute atomic E-state index is 0.233. The summed E-state index contributed by atoms with van der Waals surface area (Å²) in [6, 6.07) is 0. The molecule has 1 aliphatic carbocycles. The van der Waals surface area contributed by atoms with Crippen LogP contribution in [-0.2, 0) is 12.1 Å². The van der Waals surface area contributed by atoms with Crippen LogP contribution >= 0.6 is 11.6 Å². The number of aryl methyl sites for hydroxylation is 1. The molecule has 1 aromatic rings. The highest BCUT2D eigenvalue weighted by atomic mass is 35.5. The van der Waals surface area contributed by atoms with Gasteiger partial charge in [0.05, 0.1) is 6.20 Å². The molecule has 1 fully saturated rings. The summed E-state index contributed by atoms with van der Waals surface area (Å²) in [4.78, 5) is 0. The van der Waals surface area contributed by atoms with Crippen LogP contribution in [0.4, 0.5) is 0 Å². The summed E-state index contributed by atoms with van der Waals surface area (Å²) in [5.41, 5.74) is 7.21. The second kappa shape index (κ2) is 4.14. The third-order valence-corrected chi connectivity index (χ3v) is 3.76. The van der Waals surface area contributed by atoms with Gasteiger partial charge in [0.15, 0.2) is 0 Å². The molecular weight excluding hydrogens is 210 g/mol. The van der Waals surface area contributed by atoms with Crippen LogP contribution in [0.5, 0.6) is 0 Å². The summed E-state index contributed by atoms with van der Waals surface area (Å²) in [6.45, 7) is 2.83. The van der Waals surface area contributed by atoms with Crippen LogP contribution in [0.3, 0.4) is 0 Å². The average molecular weight is 228 g/mol. The fraction of sp³-hybridized carbons (Fsp3) is 0.727. The highest BCUT2D eigenvalue weighted by Crippen LogP contribution is 2.37. The van der Waals surface area contributed by atoms with Crippen molar-refractivity contribution in [1.29, 1.82) is 0 Å². The van der Waals surface area contributed by atoms with Crippen molar-refractivity contribution in [2.24, 2.45) is 5.73 Å². The summed E-state index contributed by atoms with van der Waals surface area (Å²) < 4.78 is 1.81. The lowest BCUT2D eigenvalue weighted by Crippen LogP contribution is -2.38. The SMILES string of the molecule is CCn1ncc(C2(N)CCCCC2)c1Cl. The number of rotatable bonds is 2. The van der Waals surface area contributed by atoms with E-state index in [-0.39, 0.29) is 5.54 Å². The summed E-state index contributed by atoms with van der Waals surface area (Å²) in [5.74, 6) is 0. The summed E-state index contributed by atoms with van der Waals surface area (Å²) in [6.07, 6.45) is 7.59. The molecule has 4 heteroatoms. The minimum atomic E-state index is -0.233. The van der Waals surface area contributed by atoms with E-state index in [9.17, 15) is 0 Å². The van der Waals surface area contributed by atoms with Gasteiger partial charge in [-0.15, -0.1) is 0 Å². The van der Waals surface area contributed by atoms with Crippen LogP contribution in [-0.4, -0.2) is 9.78 Å². The van der Waals surface area contributed by atoms with Gasteiger partial charge in [0.2, 0.25) is 0 Å². The van der Waals surface area contributed by atoms with E-state index < -0.39 is 0 Å². The molecule has 3 nitrogen and oxygen atoms in total. The first kappa shape index (κ1) is 11.0. The van der Waals surface area contributed by atoms with Crippen LogP contribution in [0.1, 0.15) is 44.6 Å². The molecule has 0 aliphatic heterocycles. The molecule has 1 aliphatic rings. The minimum Gasteiger partial charge on any atom is -0.321 e. The number of hydrogen-bond acceptors (Lipinski definition) is 2. The lowest BCUT2D eigenvalue weighted by atomic mass is 9.79. The summed E-state index contributed by atoms with van der Waals surface area (Å²) in [5, 5.41) is 4.98. The van der Waals surface area contributed by atoms with E-state index in [1.54, 1.807) is 4.68 Å². The highest BCUT2D eigenvalue weighted by molar-refractivity contribution is 6.30. The van der Waals surface area contributed by atoms with Crippen molar-refractivity contribution in [3.63, 3.8) is 0 Å². The van der Waals surface area contributed by atoms with Crippen molar-refractivity contribution in [1.82, 2.24) is 9.78 Å². The van der Waals surface area contributed by atoms with Crippen molar-refractivity contribution < 1.29 is 0 Å². The lowest BCUT2D eigenvalue weighted by molar-refractivity contribution is 0.302. The van der Waals surface area contributed by atoms with Crippen LogP contribution in [0, 0.1) is 0 Å². The van der Waals surface area contributed by atoms with E-state index in [1.165, 1.54) is 19.3 Å². The predicted octanol–water partition coefficient (Wildman–Crippen LogP) is 2.67. The number of hydrogen-bond donors (Lipinski definition) is 1.